The van der Waals surface area contributed by atoms with Gasteiger partial charge >= 0.3 is 13.1 Å². The number of carbonyl (C=O) groups is 5. The zero-order valence-corrected chi connectivity index (χ0v) is 27.0. The molecular formula is C30H50BN7O8. The van der Waals surface area contributed by atoms with Crippen LogP contribution in [0.25, 0.3) is 0 Å². The Hall–Kier alpha value is -3.41. The standard InChI is InChI=1S/C30H50BN7O8/c1-3-32-11-13-36(23-29(42)43)16-17-37(15-14-35(4-2)18-19-39)22-27(40)33-20-24-7-9-25(10-8-24)30(44)34-21-28(41)38-12-5-6-26(38)31(45)46/h7-10,19,26,32,45-46H,3-6,11-18,20-23H2,1-2H3,(H,33,40)(H,34,44)(H,42,43)/t26-/m0/s1. The van der Waals surface area contributed by atoms with Gasteiger partial charge in [0, 0.05) is 57.9 Å². The molecule has 3 amide bonds. The van der Waals surface area contributed by atoms with E-state index in [0.29, 0.717) is 77.3 Å². The number of carboxylic acid groups (broad SMARTS) is 1. The van der Waals surface area contributed by atoms with Crippen molar-refractivity contribution in [2.24, 2.45) is 0 Å². The largest absolute Gasteiger partial charge is 0.480 e. The Labute approximate surface area is 271 Å². The van der Waals surface area contributed by atoms with Crippen LogP contribution in [0.4, 0.5) is 0 Å². The van der Waals surface area contributed by atoms with E-state index in [9.17, 15) is 39.1 Å². The normalized spacial score (nSPS) is 14.6. The average molecular weight is 648 g/mol. The number of hydrogen-bond acceptors (Lipinski definition) is 11. The van der Waals surface area contributed by atoms with Crippen LogP contribution < -0.4 is 16.0 Å². The molecule has 1 aromatic carbocycles. The van der Waals surface area contributed by atoms with Gasteiger partial charge in [-0.05, 0) is 43.6 Å². The van der Waals surface area contributed by atoms with E-state index in [2.05, 4.69) is 16.0 Å². The number of nitrogens with zero attached hydrogens (tertiary/aromatic N) is 4. The van der Waals surface area contributed by atoms with Crippen LogP contribution in [0.1, 0.15) is 42.6 Å². The maximum absolute atomic E-state index is 12.9. The quantitative estimate of drug-likeness (QED) is 0.0429. The summed E-state index contributed by atoms with van der Waals surface area (Å²) in [6.45, 7) is 9.31. The maximum atomic E-state index is 12.9. The Bertz CT molecular complexity index is 1110. The minimum atomic E-state index is -1.62. The Morgan fingerprint density at radius 2 is 1.61 bits per heavy atom. The molecule has 1 aliphatic rings. The van der Waals surface area contributed by atoms with Crippen LogP contribution in [-0.4, -0.2) is 163 Å². The number of aliphatic carboxylic acids is 1. The lowest BCUT2D eigenvalue weighted by molar-refractivity contribution is -0.138. The second kappa shape index (κ2) is 21.4. The van der Waals surface area contributed by atoms with E-state index in [1.807, 2.05) is 28.5 Å². The summed E-state index contributed by atoms with van der Waals surface area (Å²) in [4.78, 5) is 67.5. The first-order valence-corrected chi connectivity index (χ1v) is 15.9. The SMILES string of the molecule is CCNCCN(CCN(CCN(CC)CC=O)CC(=O)NCc1ccc(C(=O)NCC(=O)N2CCC[C@H]2B(O)O)cc1)CC(=O)O. The van der Waals surface area contributed by atoms with Crippen LogP contribution >= 0.6 is 0 Å². The van der Waals surface area contributed by atoms with Crippen LogP contribution in [-0.2, 0) is 25.7 Å². The van der Waals surface area contributed by atoms with Gasteiger partial charge in [-0.25, -0.2) is 0 Å². The van der Waals surface area contributed by atoms with E-state index in [1.165, 1.54) is 4.90 Å². The van der Waals surface area contributed by atoms with Gasteiger partial charge in [-0.15, -0.1) is 0 Å². The van der Waals surface area contributed by atoms with Crippen molar-refractivity contribution in [2.45, 2.75) is 39.2 Å². The van der Waals surface area contributed by atoms with Crippen LogP contribution in [0.2, 0.25) is 0 Å². The number of aldehydes is 1. The smallest absolute Gasteiger partial charge is 0.475 e. The van der Waals surface area contributed by atoms with Crippen LogP contribution in [0.5, 0.6) is 0 Å². The molecule has 0 aromatic heterocycles. The monoisotopic (exact) mass is 647 g/mol. The molecule has 6 N–H and O–H groups in total. The minimum Gasteiger partial charge on any atom is -0.480 e. The second-order valence-electron chi connectivity index (χ2n) is 11.2. The fraction of sp³-hybridized carbons (Fsp3) is 0.633. The molecule has 1 heterocycles. The van der Waals surface area contributed by atoms with Crippen molar-refractivity contribution in [3.63, 3.8) is 0 Å². The van der Waals surface area contributed by atoms with Crippen molar-refractivity contribution in [3.05, 3.63) is 35.4 Å². The first kappa shape index (κ1) is 38.8. The molecule has 15 nitrogen and oxygen atoms in total. The maximum Gasteiger partial charge on any atom is 0.475 e. The molecule has 0 saturated carbocycles. The van der Waals surface area contributed by atoms with Crippen LogP contribution in [0.3, 0.4) is 0 Å². The van der Waals surface area contributed by atoms with Gasteiger partial charge in [0.1, 0.15) is 6.29 Å². The van der Waals surface area contributed by atoms with E-state index in [-0.39, 0.29) is 38.0 Å². The van der Waals surface area contributed by atoms with Gasteiger partial charge in [0.2, 0.25) is 11.8 Å². The Kier molecular flexibility index (Phi) is 18.0. The molecule has 0 spiro atoms. The first-order valence-electron chi connectivity index (χ1n) is 15.9. The lowest BCUT2D eigenvalue weighted by Crippen LogP contribution is -2.48. The number of carbonyl (C=O) groups excluding carboxylic acids is 4. The molecule has 46 heavy (non-hydrogen) atoms. The molecule has 1 fully saturated rings. The molecule has 0 bridgehead atoms. The Balaban J connectivity index is 1.90. The van der Waals surface area contributed by atoms with Gasteiger partial charge in [-0.3, -0.25) is 33.9 Å². The lowest BCUT2D eigenvalue weighted by Gasteiger charge is -2.28. The number of carboxylic acids is 1. The Morgan fingerprint density at radius 3 is 2.20 bits per heavy atom. The van der Waals surface area contributed by atoms with E-state index in [1.54, 1.807) is 24.3 Å². The predicted molar refractivity (Wildman–Crippen MR) is 173 cm³/mol. The fourth-order valence-corrected chi connectivity index (χ4v) is 5.20. The number of nitrogens with one attached hydrogen (secondary N) is 3. The summed E-state index contributed by atoms with van der Waals surface area (Å²) in [5.74, 6) is -2.63. The van der Waals surface area contributed by atoms with Gasteiger partial charge < -0.3 is 40.8 Å². The van der Waals surface area contributed by atoms with E-state index in [0.717, 1.165) is 18.4 Å². The predicted octanol–water partition coefficient (Wildman–Crippen LogP) is -2.15. The zero-order valence-electron chi connectivity index (χ0n) is 27.0. The van der Waals surface area contributed by atoms with Gasteiger partial charge in [-0.1, -0.05) is 26.0 Å². The summed E-state index contributed by atoms with van der Waals surface area (Å²) in [5, 5.41) is 36.9. The van der Waals surface area contributed by atoms with Crippen molar-refractivity contribution in [1.82, 2.24) is 35.6 Å². The van der Waals surface area contributed by atoms with Crippen LogP contribution in [0.15, 0.2) is 24.3 Å². The second-order valence-corrected chi connectivity index (χ2v) is 11.2. The highest BCUT2D eigenvalue weighted by Crippen LogP contribution is 2.17. The van der Waals surface area contributed by atoms with Crippen LogP contribution in [0, 0.1) is 0 Å². The topological polar surface area (TPSA) is 195 Å². The highest BCUT2D eigenvalue weighted by molar-refractivity contribution is 6.43. The molecule has 1 atom stereocenters. The van der Waals surface area contributed by atoms with Gasteiger partial charge in [-0.2, -0.15) is 0 Å². The van der Waals surface area contributed by atoms with Crippen molar-refractivity contribution in [2.75, 3.05) is 85.1 Å². The average Bonchev–Trinajstić information content (AvgIpc) is 3.54. The van der Waals surface area contributed by atoms with Crippen molar-refractivity contribution in [1.29, 1.82) is 0 Å². The zero-order chi connectivity index (χ0) is 33.9. The third-order valence-corrected chi connectivity index (χ3v) is 7.90. The van der Waals surface area contributed by atoms with Crippen molar-refractivity contribution < 1.29 is 39.1 Å². The molecule has 256 valence electrons. The molecule has 0 unspecified atom stereocenters. The minimum absolute atomic E-state index is 0.0897. The molecule has 0 aliphatic carbocycles. The lowest BCUT2D eigenvalue weighted by atomic mass is 9.78. The molecule has 0 radical (unpaired) electrons. The highest BCUT2D eigenvalue weighted by atomic mass is 16.4. The summed E-state index contributed by atoms with van der Waals surface area (Å²) < 4.78 is 0. The Morgan fingerprint density at radius 1 is 0.957 bits per heavy atom. The van der Waals surface area contributed by atoms with Crippen molar-refractivity contribution >= 4 is 37.1 Å². The summed E-state index contributed by atoms with van der Waals surface area (Å²) in [5.41, 5.74) is 1.11. The van der Waals surface area contributed by atoms with E-state index >= 15 is 0 Å². The number of rotatable bonds is 23. The highest BCUT2D eigenvalue weighted by Gasteiger charge is 2.36. The van der Waals surface area contributed by atoms with Crippen molar-refractivity contribution in [3.8, 4) is 0 Å². The number of likely N-dealkylation sites (tertiary alicyclic amines) is 1. The molecular weight excluding hydrogens is 597 g/mol. The number of benzene rings is 1. The van der Waals surface area contributed by atoms with Gasteiger partial charge in [0.25, 0.3) is 5.91 Å². The van der Waals surface area contributed by atoms with Gasteiger partial charge in [0.05, 0.1) is 32.1 Å². The molecule has 2 rings (SSSR count). The van der Waals surface area contributed by atoms with E-state index < -0.39 is 24.9 Å². The summed E-state index contributed by atoms with van der Waals surface area (Å²) in [6.07, 6.45) is 2.01. The molecule has 1 saturated heterocycles. The fourth-order valence-electron chi connectivity index (χ4n) is 5.20. The summed E-state index contributed by atoms with van der Waals surface area (Å²) in [7, 11) is -1.62. The molecule has 16 heteroatoms. The third kappa shape index (κ3) is 14.4. The summed E-state index contributed by atoms with van der Waals surface area (Å²) in [6, 6.07) is 6.61. The summed E-state index contributed by atoms with van der Waals surface area (Å²) >= 11 is 0. The molecule has 1 aliphatic heterocycles. The number of hydrogen-bond donors (Lipinski definition) is 6. The number of amides is 3. The molecule has 1 aromatic rings. The van der Waals surface area contributed by atoms with E-state index in [4.69, 9.17) is 0 Å². The third-order valence-electron chi connectivity index (χ3n) is 7.90. The van der Waals surface area contributed by atoms with Gasteiger partial charge in [0.15, 0.2) is 0 Å². The number of likely N-dealkylation sites (N-methyl/N-ethyl adjacent to an activating group) is 2. The first-order chi connectivity index (χ1) is 22.1.